The molecule has 0 aromatic heterocycles. The summed E-state index contributed by atoms with van der Waals surface area (Å²) in [7, 11) is 3.24. The van der Waals surface area contributed by atoms with Gasteiger partial charge >= 0.3 is 0 Å². The molecule has 1 fully saturated rings. The average molecular weight is 220 g/mol. The van der Waals surface area contributed by atoms with Gasteiger partial charge in [0.25, 0.3) is 0 Å². The van der Waals surface area contributed by atoms with Crippen LogP contribution in [0.3, 0.4) is 0 Å². The largest absolute Gasteiger partial charge is 0.497 e. The smallest absolute Gasteiger partial charge is 0.140 e. The monoisotopic (exact) mass is 220 g/mol. The van der Waals surface area contributed by atoms with E-state index in [4.69, 9.17) is 9.47 Å². The zero-order valence-corrected chi connectivity index (χ0v) is 9.66. The first kappa shape index (κ1) is 11.0. The van der Waals surface area contributed by atoms with E-state index >= 15 is 0 Å². The second kappa shape index (κ2) is 4.56. The van der Waals surface area contributed by atoms with Crippen molar-refractivity contribution in [3.8, 4) is 11.5 Å². The van der Waals surface area contributed by atoms with E-state index < -0.39 is 0 Å². The summed E-state index contributed by atoms with van der Waals surface area (Å²) in [6.45, 7) is 0. The molecule has 0 spiro atoms. The molecule has 86 valence electrons. The molecule has 0 N–H and O–H groups in total. The fraction of sp³-hybridized carbons (Fsp3) is 0.462. The molecular formula is C13H16O3. The molecule has 0 radical (unpaired) electrons. The molecule has 1 aliphatic carbocycles. The van der Waals surface area contributed by atoms with Gasteiger partial charge in [0.2, 0.25) is 0 Å². The maximum Gasteiger partial charge on any atom is 0.140 e. The summed E-state index contributed by atoms with van der Waals surface area (Å²) in [5, 5.41) is 0. The van der Waals surface area contributed by atoms with Crippen molar-refractivity contribution >= 4 is 5.78 Å². The Morgan fingerprint density at radius 3 is 2.62 bits per heavy atom. The number of methoxy groups -OCH3 is 2. The van der Waals surface area contributed by atoms with Crippen LogP contribution in [0.2, 0.25) is 0 Å². The highest BCUT2D eigenvalue weighted by Gasteiger charge is 2.28. The van der Waals surface area contributed by atoms with Crippen molar-refractivity contribution in [1.82, 2.24) is 0 Å². The molecular weight excluding hydrogens is 204 g/mol. The van der Waals surface area contributed by atoms with Crippen LogP contribution in [0.15, 0.2) is 18.2 Å². The first-order chi connectivity index (χ1) is 7.76. The molecule has 0 amide bonds. The first-order valence-corrected chi connectivity index (χ1v) is 5.51. The lowest BCUT2D eigenvalue weighted by Gasteiger charge is -2.14. The van der Waals surface area contributed by atoms with Crippen molar-refractivity contribution in [3.63, 3.8) is 0 Å². The number of Topliss-reactive ketones (excluding diaryl/α,β-unsaturated/α-hetero) is 1. The molecule has 0 saturated heterocycles. The molecule has 1 atom stereocenters. The Kier molecular flexibility index (Phi) is 3.13. The molecule has 1 aromatic carbocycles. The SMILES string of the molecule is COc1ccc(C2CCCC2=O)c(OC)c1. The minimum Gasteiger partial charge on any atom is -0.497 e. The molecule has 2 rings (SSSR count). The quantitative estimate of drug-likeness (QED) is 0.785. The van der Waals surface area contributed by atoms with Crippen molar-refractivity contribution in [3.05, 3.63) is 23.8 Å². The van der Waals surface area contributed by atoms with Crippen molar-refractivity contribution in [2.75, 3.05) is 14.2 Å². The zero-order chi connectivity index (χ0) is 11.5. The summed E-state index contributed by atoms with van der Waals surface area (Å²) >= 11 is 0. The van der Waals surface area contributed by atoms with Gasteiger partial charge in [-0.2, -0.15) is 0 Å². The van der Waals surface area contributed by atoms with Crippen molar-refractivity contribution < 1.29 is 14.3 Å². The summed E-state index contributed by atoms with van der Waals surface area (Å²) in [5.74, 6) is 1.84. The number of ether oxygens (including phenoxy) is 2. The number of hydrogen-bond acceptors (Lipinski definition) is 3. The van der Waals surface area contributed by atoms with Gasteiger partial charge < -0.3 is 9.47 Å². The van der Waals surface area contributed by atoms with Gasteiger partial charge in [-0.1, -0.05) is 6.07 Å². The highest BCUT2D eigenvalue weighted by atomic mass is 16.5. The molecule has 0 bridgehead atoms. The predicted molar refractivity (Wildman–Crippen MR) is 61.1 cm³/mol. The van der Waals surface area contributed by atoms with Gasteiger partial charge in [0.1, 0.15) is 17.3 Å². The summed E-state index contributed by atoms with van der Waals surface area (Å²) in [5.41, 5.74) is 0.991. The Morgan fingerprint density at radius 2 is 2.06 bits per heavy atom. The van der Waals surface area contributed by atoms with Crippen LogP contribution in [-0.4, -0.2) is 20.0 Å². The number of ketones is 1. The molecule has 3 heteroatoms. The Bertz CT molecular complexity index is 398. The van der Waals surface area contributed by atoms with Crippen LogP contribution in [0, 0.1) is 0 Å². The lowest BCUT2D eigenvalue weighted by atomic mass is 9.96. The van der Waals surface area contributed by atoms with Gasteiger partial charge in [0.05, 0.1) is 14.2 Å². The molecule has 1 saturated carbocycles. The Balaban J connectivity index is 2.36. The Hall–Kier alpha value is -1.51. The van der Waals surface area contributed by atoms with E-state index in [1.807, 2.05) is 18.2 Å². The van der Waals surface area contributed by atoms with Crippen LogP contribution in [0.4, 0.5) is 0 Å². The van der Waals surface area contributed by atoms with Crippen LogP contribution in [-0.2, 0) is 4.79 Å². The summed E-state index contributed by atoms with van der Waals surface area (Å²) in [6.07, 6.45) is 2.61. The van der Waals surface area contributed by atoms with Crippen molar-refractivity contribution in [1.29, 1.82) is 0 Å². The average Bonchev–Trinajstić information content (AvgIpc) is 2.74. The maximum absolute atomic E-state index is 11.7. The minimum absolute atomic E-state index is 0.0147. The molecule has 1 unspecified atom stereocenters. The molecule has 3 nitrogen and oxygen atoms in total. The topological polar surface area (TPSA) is 35.5 Å². The molecule has 0 heterocycles. The fourth-order valence-corrected chi connectivity index (χ4v) is 2.25. The maximum atomic E-state index is 11.7. The van der Waals surface area contributed by atoms with Gasteiger partial charge in [-0.15, -0.1) is 0 Å². The van der Waals surface area contributed by atoms with Crippen molar-refractivity contribution in [2.45, 2.75) is 25.2 Å². The van der Waals surface area contributed by atoms with Gasteiger partial charge in [-0.25, -0.2) is 0 Å². The Labute approximate surface area is 95.4 Å². The van der Waals surface area contributed by atoms with Crippen LogP contribution < -0.4 is 9.47 Å². The number of hydrogen-bond donors (Lipinski definition) is 0. The number of rotatable bonds is 3. The molecule has 1 aliphatic rings. The van der Waals surface area contributed by atoms with E-state index in [9.17, 15) is 4.79 Å². The van der Waals surface area contributed by atoms with Gasteiger partial charge in [0.15, 0.2) is 0 Å². The van der Waals surface area contributed by atoms with E-state index in [2.05, 4.69) is 0 Å². The van der Waals surface area contributed by atoms with Crippen LogP contribution >= 0.6 is 0 Å². The molecule has 0 aliphatic heterocycles. The van der Waals surface area contributed by atoms with E-state index in [-0.39, 0.29) is 5.92 Å². The van der Waals surface area contributed by atoms with Gasteiger partial charge in [-0.3, -0.25) is 4.79 Å². The van der Waals surface area contributed by atoms with E-state index in [0.29, 0.717) is 12.2 Å². The zero-order valence-electron chi connectivity index (χ0n) is 9.66. The highest BCUT2D eigenvalue weighted by Crippen LogP contribution is 2.37. The lowest BCUT2D eigenvalue weighted by Crippen LogP contribution is -2.06. The second-order valence-electron chi connectivity index (χ2n) is 4.02. The predicted octanol–water partition coefficient (Wildman–Crippen LogP) is 2.54. The molecule has 16 heavy (non-hydrogen) atoms. The third-order valence-electron chi connectivity index (χ3n) is 3.12. The van der Waals surface area contributed by atoms with E-state index in [1.165, 1.54) is 0 Å². The van der Waals surface area contributed by atoms with Gasteiger partial charge in [0, 0.05) is 24.0 Å². The summed E-state index contributed by atoms with van der Waals surface area (Å²) < 4.78 is 10.5. The second-order valence-corrected chi connectivity index (χ2v) is 4.02. The molecule has 1 aromatic rings. The summed E-state index contributed by atoms with van der Waals surface area (Å²) in [4.78, 5) is 11.7. The fourth-order valence-electron chi connectivity index (χ4n) is 2.25. The van der Waals surface area contributed by atoms with Gasteiger partial charge in [-0.05, 0) is 18.9 Å². The Morgan fingerprint density at radius 1 is 1.25 bits per heavy atom. The third kappa shape index (κ3) is 1.90. The standard InChI is InChI=1S/C13H16O3/c1-15-9-6-7-11(13(8-9)16-2)10-4-3-5-12(10)14/h6-8,10H,3-5H2,1-2H3. The summed E-state index contributed by atoms with van der Waals surface area (Å²) in [6, 6.07) is 5.65. The highest BCUT2D eigenvalue weighted by molar-refractivity contribution is 5.88. The van der Waals surface area contributed by atoms with Crippen LogP contribution in [0.5, 0.6) is 11.5 Å². The number of benzene rings is 1. The van der Waals surface area contributed by atoms with E-state index in [0.717, 1.165) is 29.9 Å². The minimum atomic E-state index is 0.0147. The van der Waals surface area contributed by atoms with Crippen molar-refractivity contribution in [2.24, 2.45) is 0 Å². The number of carbonyl (C=O) groups excluding carboxylic acids is 1. The first-order valence-electron chi connectivity index (χ1n) is 5.51. The normalized spacial score (nSPS) is 19.9. The number of carbonyl (C=O) groups is 1. The van der Waals surface area contributed by atoms with E-state index in [1.54, 1.807) is 14.2 Å². The third-order valence-corrected chi connectivity index (χ3v) is 3.12. The van der Waals surface area contributed by atoms with Crippen LogP contribution in [0.25, 0.3) is 0 Å². The van der Waals surface area contributed by atoms with Crippen LogP contribution in [0.1, 0.15) is 30.7 Å². The lowest BCUT2D eigenvalue weighted by molar-refractivity contribution is -0.118.